The highest BCUT2D eigenvalue weighted by Crippen LogP contribution is 2.27. The average Bonchev–Trinajstić information content (AvgIpc) is 2.42. The van der Waals surface area contributed by atoms with Crippen LogP contribution in [0.4, 0.5) is 5.69 Å². The molecule has 0 N–H and O–H groups in total. The van der Waals surface area contributed by atoms with Crippen molar-refractivity contribution < 1.29 is 14.3 Å². The molecule has 100 valence electrons. The van der Waals surface area contributed by atoms with Crippen LogP contribution in [0, 0.1) is 0 Å². The summed E-state index contributed by atoms with van der Waals surface area (Å²) in [5.41, 5.74) is 1.99. The smallest absolute Gasteiger partial charge is 0.335 e. The Balaban J connectivity index is 2.15. The van der Waals surface area contributed by atoms with E-state index in [1.165, 1.54) is 0 Å². The van der Waals surface area contributed by atoms with E-state index < -0.39 is 0 Å². The second-order valence-electron chi connectivity index (χ2n) is 4.44. The van der Waals surface area contributed by atoms with E-state index in [1.54, 1.807) is 6.92 Å². The zero-order valence-electron chi connectivity index (χ0n) is 11.0. The number of carbonyl (C=O) groups is 2. The Kier molecular flexibility index (Phi) is 4.00. The first kappa shape index (κ1) is 13.3. The Morgan fingerprint density at radius 3 is 2.89 bits per heavy atom. The lowest BCUT2D eigenvalue weighted by Gasteiger charge is -2.30. The lowest BCUT2D eigenvalue weighted by Crippen LogP contribution is -2.35. The number of esters is 1. The predicted molar refractivity (Wildman–Crippen MR) is 73.4 cm³/mol. The molecule has 4 heteroatoms. The van der Waals surface area contributed by atoms with E-state index in [-0.39, 0.29) is 11.8 Å². The Hall–Kier alpha value is -2.10. The lowest BCUT2D eigenvalue weighted by atomic mass is 10.00. The summed E-state index contributed by atoms with van der Waals surface area (Å²) in [6.45, 7) is 6.86. The second-order valence-corrected chi connectivity index (χ2v) is 4.44. The summed E-state index contributed by atoms with van der Waals surface area (Å²) in [5, 5.41) is 0. The molecule has 1 aromatic rings. The van der Waals surface area contributed by atoms with E-state index >= 15 is 0 Å². The van der Waals surface area contributed by atoms with Gasteiger partial charge in [-0.25, -0.2) is 4.79 Å². The molecule has 0 radical (unpaired) electrons. The Bertz CT molecular complexity index is 522. The third-order valence-corrected chi connectivity index (χ3v) is 3.10. The number of nitrogens with zero attached hydrogens (tertiary/aromatic N) is 1. The van der Waals surface area contributed by atoms with Crippen LogP contribution in [0.15, 0.2) is 36.4 Å². The quantitative estimate of drug-likeness (QED) is 0.614. The monoisotopic (exact) mass is 259 g/mol. The number of carbonyl (C=O) groups excluding carboxylic acids is 2. The lowest BCUT2D eigenvalue weighted by molar-refractivity contribution is -0.138. The minimum Gasteiger partial charge on any atom is -0.463 e. The molecular weight excluding hydrogens is 242 g/mol. The summed E-state index contributed by atoms with van der Waals surface area (Å²) >= 11 is 0. The molecule has 0 spiro atoms. The Labute approximate surface area is 112 Å². The topological polar surface area (TPSA) is 46.6 Å². The first-order valence-corrected chi connectivity index (χ1v) is 6.35. The maximum absolute atomic E-state index is 11.8. The highest BCUT2D eigenvalue weighted by Gasteiger charge is 2.24. The van der Waals surface area contributed by atoms with Gasteiger partial charge in [-0.3, -0.25) is 4.79 Å². The molecule has 0 saturated carbocycles. The number of hydrogen-bond donors (Lipinski definition) is 0. The maximum atomic E-state index is 11.8. The molecule has 0 atom stereocenters. The summed E-state index contributed by atoms with van der Waals surface area (Å²) in [7, 11) is 0. The van der Waals surface area contributed by atoms with E-state index in [4.69, 9.17) is 4.74 Å². The predicted octanol–water partition coefficient (Wildman–Crippen LogP) is 2.20. The van der Waals surface area contributed by atoms with Crippen molar-refractivity contribution in [3.05, 3.63) is 42.0 Å². The summed E-state index contributed by atoms with van der Waals surface area (Å²) < 4.78 is 4.92. The third-order valence-electron chi connectivity index (χ3n) is 3.10. The van der Waals surface area contributed by atoms with Crippen LogP contribution >= 0.6 is 0 Å². The number of fused-ring (bicyclic) bond motifs is 1. The molecule has 19 heavy (non-hydrogen) atoms. The van der Waals surface area contributed by atoms with Crippen LogP contribution in [0.25, 0.3) is 0 Å². The molecular formula is C15H17NO3. The van der Waals surface area contributed by atoms with Gasteiger partial charge in [0.2, 0.25) is 0 Å². The van der Waals surface area contributed by atoms with E-state index in [1.807, 2.05) is 29.2 Å². The highest BCUT2D eigenvalue weighted by atomic mass is 16.5. The van der Waals surface area contributed by atoms with Crippen molar-refractivity contribution in [2.24, 2.45) is 0 Å². The zero-order chi connectivity index (χ0) is 13.8. The molecule has 0 bridgehead atoms. The fraction of sp³-hybridized carbons (Fsp3) is 0.333. The molecule has 0 unspecified atom stereocenters. The SMILES string of the molecule is C=C(CN1CCC(=O)c2ccccc21)C(=O)OCC. The van der Waals surface area contributed by atoms with Gasteiger partial charge in [-0.1, -0.05) is 18.7 Å². The molecule has 4 nitrogen and oxygen atoms in total. The molecule has 1 aliphatic heterocycles. The van der Waals surface area contributed by atoms with E-state index in [9.17, 15) is 9.59 Å². The van der Waals surface area contributed by atoms with Gasteiger partial charge in [0.15, 0.2) is 5.78 Å². The molecule has 0 aliphatic carbocycles. The number of anilines is 1. The molecule has 0 amide bonds. The van der Waals surface area contributed by atoms with E-state index in [0.717, 1.165) is 5.69 Å². The molecule has 0 aromatic heterocycles. The fourth-order valence-electron chi connectivity index (χ4n) is 2.17. The van der Waals surface area contributed by atoms with Crippen molar-refractivity contribution in [2.45, 2.75) is 13.3 Å². The molecule has 0 fully saturated rings. The minimum absolute atomic E-state index is 0.147. The summed E-state index contributed by atoms with van der Waals surface area (Å²) in [6.07, 6.45) is 0.465. The molecule has 1 aliphatic rings. The van der Waals surface area contributed by atoms with Gasteiger partial charge in [-0.05, 0) is 19.1 Å². The van der Waals surface area contributed by atoms with Crippen molar-refractivity contribution in [1.82, 2.24) is 0 Å². The maximum Gasteiger partial charge on any atom is 0.335 e. The number of benzene rings is 1. The molecule has 2 rings (SSSR count). The first-order valence-electron chi connectivity index (χ1n) is 6.35. The summed E-state index contributed by atoms with van der Waals surface area (Å²) in [4.78, 5) is 25.4. The van der Waals surface area contributed by atoms with Crippen LogP contribution in [0.3, 0.4) is 0 Å². The number of para-hydroxylation sites is 1. The van der Waals surface area contributed by atoms with Gasteiger partial charge >= 0.3 is 5.97 Å². The van der Waals surface area contributed by atoms with E-state index in [0.29, 0.717) is 37.3 Å². The van der Waals surface area contributed by atoms with E-state index in [2.05, 4.69) is 6.58 Å². The molecule has 1 heterocycles. The third kappa shape index (κ3) is 2.84. The standard InChI is InChI=1S/C15H17NO3/c1-3-19-15(18)11(2)10-16-9-8-14(17)12-6-4-5-7-13(12)16/h4-7H,2-3,8-10H2,1H3. The van der Waals surface area contributed by atoms with Crippen molar-refractivity contribution in [3.63, 3.8) is 0 Å². The number of hydrogen-bond acceptors (Lipinski definition) is 4. The summed E-state index contributed by atoms with van der Waals surface area (Å²) in [5.74, 6) is -0.231. The van der Waals surface area contributed by atoms with Crippen LogP contribution in [-0.2, 0) is 9.53 Å². The molecule has 1 aromatic carbocycles. The number of ketones is 1. The first-order chi connectivity index (χ1) is 9.13. The van der Waals surface area contributed by atoms with Crippen LogP contribution < -0.4 is 4.90 Å². The van der Waals surface area contributed by atoms with Gasteiger partial charge in [-0.2, -0.15) is 0 Å². The van der Waals surface area contributed by atoms with Crippen molar-refractivity contribution >= 4 is 17.4 Å². The highest BCUT2D eigenvalue weighted by molar-refractivity contribution is 6.03. The second kappa shape index (κ2) is 5.69. The van der Waals surface area contributed by atoms with Gasteiger partial charge in [0.1, 0.15) is 0 Å². The van der Waals surface area contributed by atoms with Crippen LogP contribution in [-0.4, -0.2) is 31.4 Å². The minimum atomic E-state index is -0.378. The van der Waals surface area contributed by atoms with Crippen LogP contribution in [0.1, 0.15) is 23.7 Å². The van der Waals surface area contributed by atoms with Gasteiger partial charge in [0, 0.05) is 36.3 Å². The van der Waals surface area contributed by atoms with Gasteiger partial charge in [-0.15, -0.1) is 0 Å². The number of Topliss-reactive ketones (excluding diaryl/α,β-unsaturated/α-hetero) is 1. The van der Waals surface area contributed by atoms with Crippen LogP contribution in [0.2, 0.25) is 0 Å². The van der Waals surface area contributed by atoms with Crippen LogP contribution in [0.5, 0.6) is 0 Å². The largest absolute Gasteiger partial charge is 0.463 e. The van der Waals surface area contributed by atoms with Crippen molar-refractivity contribution in [3.8, 4) is 0 Å². The van der Waals surface area contributed by atoms with Gasteiger partial charge < -0.3 is 9.64 Å². The fourth-order valence-corrected chi connectivity index (χ4v) is 2.17. The average molecular weight is 259 g/mol. The van der Waals surface area contributed by atoms with Gasteiger partial charge in [0.25, 0.3) is 0 Å². The van der Waals surface area contributed by atoms with Crippen molar-refractivity contribution in [2.75, 3.05) is 24.6 Å². The Morgan fingerprint density at radius 2 is 2.16 bits per heavy atom. The van der Waals surface area contributed by atoms with Crippen molar-refractivity contribution in [1.29, 1.82) is 0 Å². The number of ether oxygens (including phenoxy) is 1. The molecule has 0 saturated heterocycles. The number of rotatable bonds is 4. The normalized spacial score (nSPS) is 13.9. The Morgan fingerprint density at radius 1 is 1.42 bits per heavy atom. The zero-order valence-corrected chi connectivity index (χ0v) is 11.0. The summed E-state index contributed by atoms with van der Waals surface area (Å²) in [6, 6.07) is 7.44. The van der Waals surface area contributed by atoms with Gasteiger partial charge in [0.05, 0.1) is 6.61 Å².